The molecule has 0 radical (unpaired) electrons. The molecule has 3 rings (SSSR count). The van der Waals surface area contributed by atoms with Crippen LogP contribution in [0.15, 0.2) is 28.9 Å². The summed E-state index contributed by atoms with van der Waals surface area (Å²) in [4.78, 5) is 0. The lowest BCUT2D eigenvalue weighted by atomic mass is 10.1. The molecule has 1 aromatic heterocycles. The van der Waals surface area contributed by atoms with Gasteiger partial charge in [0, 0.05) is 42.3 Å². The molecule has 1 aliphatic rings. The molecule has 4 nitrogen and oxygen atoms in total. The summed E-state index contributed by atoms with van der Waals surface area (Å²) in [6.07, 6.45) is 3.11. The lowest BCUT2D eigenvalue weighted by molar-refractivity contribution is 0.227. The van der Waals surface area contributed by atoms with Crippen molar-refractivity contribution in [3.63, 3.8) is 0 Å². The topological polar surface area (TPSA) is 39.1 Å². The molecule has 5 heteroatoms. The first-order valence-corrected chi connectivity index (χ1v) is 7.56. The molecule has 0 amide bonds. The van der Waals surface area contributed by atoms with Crippen molar-refractivity contribution < 1.29 is 4.74 Å². The van der Waals surface area contributed by atoms with Crippen molar-refractivity contribution in [2.45, 2.75) is 26.0 Å². The Hall–Kier alpha value is -1.33. The number of halogens is 1. The van der Waals surface area contributed by atoms with Gasteiger partial charge in [-0.2, -0.15) is 5.10 Å². The molecule has 20 heavy (non-hydrogen) atoms. The van der Waals surface area contributed by atoms with E-state index in [1.165, 1.54) is 16.8 Å². The minimum absolute atomic E-state index is 0.219. The Labute approximate surface area is 127 Å². The molecule has 0 saturated heterocycles. The molecule has 1 N–H and O–H groups in total. The number of rotatable bonds is 4. The number of aryl methyl sites for hydroxylation is 1. The molecule has 0 spiro atoms. The van der Waals surface area contributed by atoms with Crippen LogP contribution in [0.3, 0.4) is 0 Å². The van der Waals surface area contributed by atoms with Gasteiger partial charge in [-0.25, -0.2) is 0 Å². The quantitative estimate of drug-likeness (QED) is 0.933. The fraction of sp³-hybridized carbons (Fsp3) is 0.400. The summed E-state index contributed by atoms with van der Waals surface area (Å²) in [6.45, 7) is 3.77. The van der Waals surface area contributed by atoms with Gasteiger partial charge in [-0.3, -0.25) is 4.68 Å². The van der Waals surface area contributed by atoms with Crippen LogP contribution in [0.25, 0.3) is 0 Å². The number of benzene rings is 1. The highest BCUT2D eigenvalue weighted by molar-refractivity contribution is 9.10. The van der Waals surface area contributed by atoms with E-state index in [1.54, 1.807) is 0 Å². The van der Waals surface area contributed by atoms with Crippen LogP contribution in [0.2, 0.25) is 0 Å². The molecular formula is C15H18BrN3O. The lowest BCUT2D eigenvalue weighted by Crippen LogP contribution is -2.29. The van der Waals surface area contributed by atoms with Crippen LogP contribution in [-0.4, -0.2) is 22.4 Å². The smallest absolute Gasteiger partial charge is 0.123 e. The maximum atomic E-state index is 5.93. The second-order valence-electron chi connectivity index (χ2n) is 5.21. The first-order chi connectivity index (χ1) is 9.63. The van der Waals surface area contributed by atoms with E-state index < -0.39 is 0 Å². The van der Waals surface area contributed by atoms with Crippen LogP contribution in [0.5, 0.6) is 5.75 Å². The SMILES string of the molecule is Cc1c(CNCC2Cc3cc(Br)ccc3O2)cnn1C. The predicted octanol–water partition coefficient (Wildman–Crippen LogP) is 2.58. The zero-order valence-electron chi connectivity index (χ0n) is 11.7. The zero-order chi connectivity index (χ0) is 14.1. The van der Waals surface area contributed by atoms with Gasteiger partial charge in [0.1, 0.15) is 11.9 Å². The van der Waals surface area contributed by atoms with Gasteiger partial charge in [0.15, 0.2) is 0 Å². The number of hydrogen-bond donors (Lipinski definition) is 1. The first-order valence-electron chi connectivity index (χ1n) is 6.77. The van der Waals surface area contributed by atoms with Crippen LogP contribution in [0, 0.1) is 6.92 Å². The second-order valence-corrected chi connectivity index (χ2v) is 6.12. The van der Waals surface area contributed by atoms with Gasteiger partial charge in [-0.15, -0.1) is 0 Å². The number of ether oxygens (including phenoxy) is 1. The molecule has 0 bridgehead atoms. The van der Waals surface area contributed by atoms with E-state index in [0.29, 0.717) is 0 Å². The minimum atomic E-state index is 0.219. The Balaban J connectivity index is 1.53. The summed E-state index contributed by atoms with van der Waals surface area (Å²) in [5.41, 5.74) is 3.73. The number of aromatic nitrogens is 2. The molecule has 0 aliphatic carbocycles. The second kappa shape index (κ2) is 5.58. The Morgan fingerprint density at radius 2 is 2.35 bits per heavy atom. The van der Waals surface area contributed by atoms with Crippen LogP contribution >= 0.6 is 15.9 Å². The highest BCUT2D eigenvalue weighted by Gasteiger charge is 2.22. The molecule has 1 aliphatic heterocycles. The molecule has 0 fully saturated rings. The normalized spacial score (nSPS) is 17.1. The van der Waals surface area contributed by atoms with Crippen molar-refractivity contribution in [3.05, 3.63) is 45.7 Å². The van der Waals surface area contributed by atoms with Crippen LogP contribution < -0.4 is 10.1 Å². The van der Waals surface area contributed by atoms with Crippen molar-refractivity contribution in [3.8, 4) is 5.75 Å². The van der Waals surface area contributed by atoms with Crippen molar-refractivity contribution in [1.82, 2.24) is 15.1 Å². The largest absolute Gasteiger partial charge is 0.488 e. The first kappa shape index (κ1) is 13.6. The summed E-state index contributed by atoms with van der Waals surface area (Å²) < 4.78 is 8.94. The summed E-state index contributed by atoms with van der Waals surface area (Å²) >= 11 is 3.50. The van der Waals surface area contributed by atoms with Crippen molar-refractivity contribution in [2.75, 3.05) is 6.54 Å². The standard InChI is InChI=1S/C15H18BrN3O/c1-10-12(8-18-19(10)2)7-17-9-14-6-11-5-13(16)3-4-15(11)20-14/h3-5,8,14,17H,6-7,9H2,1-2H3. The molecule has 2 heterocycles. The van der Waals surface area contributed by atoms with Crippen LogP contribution in [0.4, 0.5) is 0 Å². The van der Waals surface area contributed by atoms with E-state index in [2.05, 4.69) is 39.3 Å². The van der Waals surface area contributed by atoms with Crippen molar-refractivity contribution >= 4 is 15.9 Å². The van der Waals surface area contributed by atoms with E-state index >= 15 is 0 Å². The zero-order valence-corrected chi connectivity index (χ0v) is 13.3. The molecule has 2 aromatic rings. The fourth-order valence-electron chi connectivity index (χ4n) is 2.49. The minimum Gasteiger partial charge on any atom is -0.488 e. The van der Waals surface area contributed by atoms with E-state index in [0.717, 1.165) is 29.7 Å². The van der Waals surface area contributed by atoms with E-state index in [9.17, 15) is 0 Å². The predicted molar refractivity (Wildman–Crippen MR) is 81.9 cm³/mol. The van der Waals surface area contributed by atoms with Gasteiger partial charge >= 0.3 is 0 Å². The summed E-state index contributed by atoms with van der Waals surface area (Å²) in [6, 6.07) is 6.19. The Kier molecular flexibility index (Phi) is 3.81. The van der Waals surface area contributed by atoms with E-state index in [-0.39, 0.29) is 6.10 Å². The average Bonchev–Trinajstić information content (AvgIpc) is 2.96. The summed E-state index contributed by atoms with van der Waals surface area (Å²) in [5, 5.41) is 7.71. The average molecular weight is 336 g/mol. The Morgan fingerprint density at radius 1 is 1.50 bits per heavy atom. The van der Waals surface area contributed by atoms with Gasteiger partial charge in [0.2, 0.25) is 0 Å². The monoisotopic (exact) mass is 335 g/mol. The molecule has 1 aromatic carbocycles. The number of hydrogen-bond acceptors (Lipinski definition) is 3. The Morgan fingerprint density at radius 3 is 3.10 bits per heavy atom. The maximum Gasteiger partial charge on any atom is 0.123 e. The highest BCUT2D eigenvalue weighted by Crippen LogP contribution is 2.30. The molecule has 1 unspecified atom stereocenters. The third kappa shape index (κ3) is 2.74. The maximum absolute atomic E-state index is 5.93. The van der Waals surface area contributed by atoms with Crippen LogP contribution in [-0.2, 0) is 20.0 Å². The van der Waals surface area contributed by atoms with Gasteiger partial charge in [0.25, 0.3) is 0 Å². The molecule has 1 atom stereocenters. The lowest BCUT2D eigenvalue weighted by Gasteiger charge is -2.11. The number of nitrogens with one attached hydrogen (secondary N) is 1. The van der Waals surface area contributed by atoms with Crippen molar-refractivity contribution in [1.29, 1.82) is 0 Å². The third-order valence-electron chi connectivity index (χ3n) is 3.79. The van der Waals surface area contributed by atoms with Crippen molar-refractivity contribution in [2.24, 2.45) is 7.05 Å². The molecule has 106 valence electrons. The fourth-order valence-corrected chi connectivity index (χ4v) is 2.90. The summed E-state index contributed by atoms with van der Waals surface area (Å²) in [5.74, 6) is 1.01. The van der Waals surface area contributed by atoms with Gasteiger partial charge in [-0.1, -0.05) is 15.9 Å². The van der Waals surface area contributed by atoms with Gasteiger partial charge in [-0.05, 0) is 30.7 Å². The number of nitrogens with zero attached hydrogens (tertiary/aromatic N) is 2. The molecule has 0 saturated carbocycles. The Bertz CT molecular complexity index is 624. The van der Waals surface area contributed by atoms with E-state index in [4.69, 9.17) is 4.74 Å². The van der Waals surface area contributed by atoms with Crippen LogP contribution in [0.1, 0.15) is 16.8 Å². The number of fused-ring (bicyclic) bond motifs is 1. The van der Waals surface area contributed by atoms with Gasteiger partial charge in [0.05, 0.1) is 6.20 Å². The third-order valence-corrected chi connectivity index (χ3v) is 4.28. The van der Waals surface area contributed by atoms with E-state index in [1.807, 2.05) is 30.1 Å². The highest BCUT2D eigenvalue weighted by atomic mass is 79.9. The molecular weight excluding hydrogens is 318 g/mol. The van der Waals surface area contributed by atoms with Gasteiger partial charge < -0.3 is 10.1 Å². The summed E-state index contributed by atoms with van der Waals surface area (Å²) in [7, 11) is 1.97.